The van der Waals surface area contributed by atoms with Crippen molar-refractivity contribution in [3.05, 3.63) is 29.8 Å². The molecule has 21 heavy (non-hydrogen) atoms. The number of benzene rings is 1. The summed E-state index contributed by atoms with van der Waals surface area (Å²) in [6, 6.07) is 2.91. The summed E-state index contributed by atoms with van der Waals surface area (Å²) in [7, 11) is 0. The van der Waals surface area contributed by atoms with E-state index in [0.717, 1.165) is 12.1 Å². The van der Waals surface area contributed by atoms with Crippen LogP contribution < -0.4 is 10.1 Å². The molecule has 0 heterocycles. The van der Waals surface area contributed by atoms with Crippen molar-refractivity contribution in [1.29, 1.82) is 0 Å². The van der Waals surface area contributed by atoms with Crippen LogP contribution in [0.4, 0.5) is 8.78 Å². The van der Waals surface area contributed by atoms with Gasteiger partial charge in [0.05, 0.1) is 13.2 Å². The standard InChI is InChI=1S/C14H13F2NO4/c1-2-20-14(19)13(18)17-7-3-4-8-21-12-6-5-10(15)9-11(12)16/h5-6,9H,2,7-8H2,1H3,(H,17,18). The van der Waals surface area contributed by atoms with Crippen LogP contribution in [0.3, 0.4) is 0 Å². The summed E-state index contributed by atoms with van der Waals surface area (Å²) in [4.78, 5) is 22.0. The molecule has 0 saturated carbocycles. The van der Waals surface area contributed by atoms with Crippen molar-refractivity contribution in [2.24, 2.45) is 0 Å². The van der Waals surface area contributed by atoms with E-state index in [-0.39, 0.29) is 25.5 Å². The van der Waals surface area contributed by atoms with E-state index in [9.17, 15) is 18.4 Å². The van der Waals surface area contributed by atoms with Gasteiger partial charge in [-0.3, -0.25) is 4.79 Å². The fraction of sp³-hybridized carbons (Fsp3) is 0.286. The van der Waals surface area contributed by atoms with Gasteiger partial charge in [-0.05, 0) is 19.1 Å². The second kappa shape index (κ2) is 8.53. The highest BCUT2D eigenvalue weighted by atomic mass is 19.1. The van der Waals surface area contributed by atoms with E-state index in [2.05, 4.69) is 21.9 Å². The van der Waals surface area contributed by atoms with Crippen LogP contribution in [0.1, 0.15) is 6.92 Å². The molecular weight excluding hydrogens is 284 g/mol. The van der Waals surface area contributed by atoms with Crippen molar-refractivity contribution in [1.82, 2.24) is 5.32 Å². The van der Waals surface area contributed by atoms with E-state index in [4.69, 9.17) is 4.74 Å². The second-order valence-electron chi connectivity index (χ2n) is 3.62. The fourth-order valence-electron chi connectivity index (χ4n) is 1.21. The molecule has 1 N–H and O–H groups in total. The van der Waals surface area contributed by atoms with Crippen LogP contribution in [-0.2, 0) is 14.3 Å². The van der Waals surface area contributed by atoms with E-state index in [1.54, 1.807) is 6.92 Å². The summed E-state index contributed by atoms with van der Waals surface area (Å²) in [5.74, 6) is 1.48. The lowest BCUT2D eigenvalue weighted by atomic mass is 10.3. The van der Waals surface area contributed by atoms with Gasteiger partial charge in [-0.15, -0.1) is 0 Å². The average molecular weight is 297 g/mol. The third-order valence-corrected chi connectivity index (χ3v) is 2.12. The molecule has 1 rings (SSSR count). The molecule has 1 aromatic carbocycles. The number of amides is 1. The maximum atomic E-state index is 13.2. The molecule has 0 aliphatic heterocycles. The van der Waals surface area contributed by atoms with Crippen LogP contribution in [-0.4, -0.2) is 31.6 Å². The largest absolute Gasteiger partial charge is 0.478 e. The number of carbonyl (C=O) groups is 2. The summed E-state index contributed by atoms with van der Waals surface area (Å²) < 4.78 is 35.2. The van der Waals surface area contributed by atoms with Crippen LogP contribution >= 0.6 is 0 Å². The molecule has 112 valence electrons. The molecule has 0 unspecified atom stereocenters. The van der Waals surface area contributed by atoms with Crippen molar-refractivity contribution < 1.29 is 27.8 Å². The van der Waals surface area contributed by atoms with Crippen molar-refractivity contribution in [3.63, 3.8) is 0 Å². The first kappa shape index (κ1) is 16.4. The van der Waals surface area contributed by atoms with E-state index in [0.29, 0.717) is 6.07 Å². The molecule has 0 aromatic heterocycles. The summed E-state index contributed by atoms with van der Waals surface area (Å²) >= 11 is 0. The van der Waals surface area contributed by atoms with Crippen molar-refractivity contribution in [2.45, 2.75) is 6.92 Å². The highest BCUT2D eigenvalue weighted by Crippen LogP contribution is 2.16. The zero-order chi connectivity index (χ0) is 15.7. The SMILES string of the molecule is CCOC(=O)C(=O)NCC#CCOc1ccc(F)cc1F. The molecule has 0 saturated heterocycles. The first-order valence-corrected chi connectivity index (χ1v) is 6.03. The van der Waals surface area contributed by atoms with Crippen molar-refractivity contribution in [3.8, 4) is 17.6 Å². The molecule has 0 aliphatic carbocycles. The quantitative estimate of drug-likeness (QED) is 0.512. The van der Waals surface area contributed by atoms with E-state index in [1.165, 1.54) is 0 Å². The lowest BCUT2D eigenvalue weighted by Gasteiger charge is -2.03. The van der Waals surface area contributed by atoms with Crippen molar-refractivity contribution >= 4 is 11.9 Å². The van der Waals surface area contributed by atoms with Gasteiger partial charge < -0.3 is 14.8 Å². The summed E-state index contributed by atoms with van der Waals surface area (Å²) in [6.45, 7) is 1.47. The normalized spacial score (nSPS) is 9.29. The summed E-state index contributed by atoms with van der Waals surface area (Å²) in [6.07, 6.45) is 0. The summed E-state index contributed by atoms with van der Waals surface area (Å²) in [5.41, 5.74) is 0. The van der Waals surface area contributed by atoms with Crippen LogP contribution in [0.15, 0.2) is 18.2 Å². The molecule has 1 amide bonds. The molecule has 0 fully saturated rings. The minimum atomic E-state index is -0.982. The molecule has 0 radical (unpaired) electrons. The van der Waals surface area contributed by atoms with Gasteiger partial charge in [0.2, 0.25) is 0 Å². The Morgan fingerprint density at radius 3 is 2.71 bits per heavy atom. The minimum absolute atomic E-state index is 0.0765. The highest BCUT2D eigenvalue weighted by Gasteiger charge is 2.12. The fourth-order valence-corrected chi connectivity index (χ4v) is 1.21. The average Bonchev–Trinajstić information content (AvgIpc) is 2.44. The number of hydrogen-bond donors (Lipinski definition) is 1. The third kappa shape index (κ3) is 5.91. The Kier molecular flexibility index (Phi) is 6.68. The summed E-state index contributed by atoms with van der Waals surface area (Å²) in [5, 5.41) is 2.22. The molecule has 5 nitrogen and oxygen atoms in total. The van der Waals surface area contributed by atoms with Crippen LogP contribution in [0.5, 0.6) is 5.75 Å². The Morgan fingerprint density at radius 1 is 1.29 bits per heavy atom. The highest BCUT2D eigenvalue weighted by molar-refractivity contribution is 6.32. The first-order chi connectivity index (χ1) is 10.0. The lowest BCUT2D eigenvalue weighted by Crippen LogP contribution is -2.32. The van der Waals surface area contributed by atoms with Gasteiger partial charge in [-0.25, -0.2) is 13.6 Å². The number of rotatable bonds is 4. The predicted octanol–water partition coefficient (Wildman–Crippen LogP) is 1.03. The predicted molar refractivity (Wildman–Crippen MR) is 69.3 cm³/mol. The molecule has 7 heteroatoms. The number of carbonyl (C=O) groups excluding carboxylic acids is 2. The zero-order valence-corrected chi connectivity index (χ0v) is 11.2. The van der Waals surface area contributed by atoms with E-state index >= 15 is 0 Å². The number of hydrogen-bond acceptors (Lipinski definition) is 4. The molecule has 0 spiro atoms. The van der Waals surface area contributed by atoms with Gasteiger partial charge >= 0.3 is 11.9 Å². The van der Waals surface area contributed by atoms with Crippen LogP contribution in [0, 0.1) is 23.5 Å². The molecule has 0 aliphatic rings. The van der Waals surface area contributed by atoms with E-state index < -0.39 is 23.5 Å². The van der Waals surface area contributed by atoms with Gasteiger partial charge in [0.15, 0.2) is 11.6 Å². The molecule has 0 bridgehead atoms. The smallest absolute Gasteiger partial charge is 0.396 e. The molecule has 0 atom stereocenters. The number of halogens is 2. The Balaban J connectivity index is 2.31. The Hall–Kier alpha value is -2.62. The Bertz CT molecular complexity index is 578. The lowest BCUT2D eigenvalue weighted by molar-refractivity contribution is -0.154. The maximum absolute atomic E-state index is 13.2. The van der Waals surface area contributed by atoms with Gasteiger partial charge in [0.1, 0.15) is 12.4 Å². The molecular formula is C14H13F2NO4. The Labute approximate surface area is 120 Å². The minimum Gasteiger partial charge on any atom is -0.478 e. The topological polar surface area (TPSA) is 64.6 Å². The number of esters is 1. The molecule has 1 aromatic rings. The van der Waals surface area contributed by atoms with Gasteiger partial charge in [0, 0.05) is 6.07 Å². The maximum Gasteiger partial charge on any atom is 0.396 e. The monoisotopic (exact) mass is 297 g/mol. The first-order valence-electron chi connectivity index (χ1n) is 6.03. The Morgan fingerprint density at radius 2 is 2.05 bits per heavy atom. The van der Waals surface area contributed by atoms with Crippen LogP contribution in [0.2, 0.25) is 0 Å². The number of nitrogens with one attached hydrogen (secondary N) is 1. The zero-order valence-electron chi connectivity index (χ0n) is 11.2. The number of ether oxygens (including phenoxy) is 2. The van der Waals surface area contributed by atoms with Gasteiger partial charge in [0.25, 0.3) is 0 Å². The van der Waals surface area contributed by atoms with Gasteiger partial charge in [-0.1, -0.05) is 11.8 Å². The van der Waals surface area contributed by atoms with E-state index in [1.807, 2.05) is 0 Å². The second-order valence-corrected chi connectivity index (χ2v) is 3.62. The van der Waals surface area contributed by atoms with Gasteiger partial charge in [-0.2, -0.15) is 0 Å². The third-order valence-electron chi connectivity index (χ3n) is 2.12. The van der Waals surface area contributed by atoms with Crippen molar-refractivity contribution in [2.75, 3.05) is 19.8 Å². The van der Waals surface area contributed by atoms with Crippen LogP contribution in [0.25, 0.3) is 0 Å².